The molecule has 0 saturated carbocycles. The Hall–Kier alpha value is -2.14. The van der Waals surface area contributed by atoms with Crippen LogP contribution in [0.2, 0.25) is 0 Å². The van der Waals surface area contributed by atoms with Crippen molar-refractivity contribution in [3.63, 3.8) is 0 Å². The lowest BCUT2D eigenvalue weighted by atomic mass is 10.1. The van der Waals surface area contributed by atoms with Gasteiger partial charge in [-0.05, 0) is 19.9 Å². The van der Waals surface area contributed by atoms with Crippen LogP contribution >= 0.6 is 0 Å². The number of aliphatic hydroxyl groups is 3. The van der Waals surface area contributed by atoms with Gasteiger partial charge in [-0.1, -0.05) is 0 Å². The first kappa shape index (κ1) is 21.9. The summed E-state index contributed by atoms with van der Waals surface area (Å²) in [5, 5.41) is 28.5. The number of hydrogen-bond donors (Lipinski definition) is 3. The van der Waals surface area contributed by atoms with E-state index in [0.29, 0.717) is 12.3 Å². The van der Waals surface area contributed by atoms with Crippen molar-refractivity contribution in [2.75, 3.05) is 13.2 Å². The van der Waals surface area contributed by atoms with Crippen molar-refractivity contribution in [2.45, 2.75) is 51.7 Å². The van der Waals surface area contributed by atoms with E-state index in [1.165, 1.54) is 26.1 Å². The van der Waals surface area contributed by atoms with Crippen LogP contribution in [-0.4, -0.2) is 68.1 Å². The maximum absolute atomic E-state index is 11.9. The molecule has 2 heterocycles. The molecule has 1 aromatic rings. The highest BCUT2D eigenvalue weighted by Crippen LogP contribution is 2.27. The molecule has 1 fully saturated rings. The van der Waals surface area contributed by atoms with E-state index in [4.69, 9.17) is 9.84 Å². The molecule has 0 aromatic carbocycles. The van der Waals surface area contributed by atoms with Crippen LogP contribution in [0, 0.1) is 0 Å². The summed E-state index contributed by atoms with van der Waals surface area (Å²) >= 11 is 0. The van der Waals surface area contributed by atoms with Gasteiger partial charge in [0.2, 0.25) is 0 Å². The summed E-state index contributed by atoms with van der Waals surface area (Å²) < 4.78 is 10.7. The highest BCUT2D eigenvalue weighted by atomic mass is 16.6. The summed E-state index contributed by atoms with van der Waals surface area (Å²) in [5.74, 6) is -0.333. The Morgan fingerprint density at radius 3 is 2.35 bits per heavy atom. The molecular formula is C16H24N2O8. The van der Waals surface area contributed by atoms with E-state index in [1.54, 1.807) is 6.92 Å². The van der Waals surface area contributed by atoms with Crippen LogP contribution in [0.4, 0.5) is 0 Å². The summed E-state index contributed by atoms with van der Waals surface area (Å²) in [6, 6.07) is 1.47. The smallest absolute Gasteiger partial charge is 0.350 e. The third-order valence-electron chi connectivity index (χ3n) is 3.46. The van der Waals surface area contributed by atoms with E-state index >= 15 is 0 Å². The molecule has 0 aliphatic carbocycles. The molecule has 146 valence electrons. The molecule has 26 heavy (non-hydrogen) atoms. The number of aromatic nitrogens is 2. The van der Waals surface area contributed by atoms with Gasteiger partial charge in [0.25, 0.3) is 0 Å². The van der Waals surface area contributed by atoms with Crippen molar-refractivity contribution in [2.24, 2.45) is 0 Å². The number of hydrogen-bond acceptors (Lipinski definition) is 9. The predicted octanol–water partition coefficient (Wildman–Crippen LogP) is -1.44. The lowest BCUT2D eigenvalue weighted by Crippen LogP contribution is -2.36. The summed E-state index contributed by atoms with van der Waals surface area (Å²) in [6.07, 6.45) is -3.31. The van der Waals surface area contributed by atoms with Crippen molar-refractivity contribution >= 4 is 11.8 Å². The molecule has 2 rings (SSSR count). The van der Waals surface area contributed by atoms with Crippen molar-refractivity contribution in [1.82, 2.24) is 9.55 Å². The number of Topliss-reactive ketones (excluding diaryl/α,β-unsaturated/α-hetero) is 1. The number of esters is 1. The zero-order chi connectivity index (χ0) is 19.9. The fourth-order valence-electron chi connectivity index (χ4n) is 2.31. The van der Waals surface area contributed by atoms with Gasteiger partial charge in [0, 0.05) is 19.5 Å². The minimum absolute atomic E-state index is 0.0477. The largest absolute Gasteiger partial charge is 0.466 e. The van der Waals surface area contributed by atoms with Gasteiger partial charge in [0.05, 0.1) is 18.9 Å². The maximum atomic E-state index is 11.9. The Morgan fingerprint density at radius 2 is 1.96 bits per heavy atom. The third kappa shape index (κ3) is 5.99. The van der Waals surface area contributed by atoms with E-state index in [1.807, 2.05) is 0 Å². The molecule has 3 N–H and O–H groups in total. The molecular weight excluding hydrogens is 348 g/mol. The molecule has 4 atom stereocenters. The predicted molar refractivity (Wildman–Crippen MR) is 88.2 cm³/mol. The number of nitrogens with zero attached hydrogens (tertiary/aromatic N) is 2. The molecule has 1 aromatic heterocycles. The van der Waals surface area contributed by atoms with E-state index in [2.05, 4.69) is 9.72 Å². The first-order valence-electron chi connectivity index (χ1n) is 8.04. The van der Waals surface area contributed by atoms with Gasteiger partial charge < -0.3 is 24.8 Å². The normalized spacial score (nSPS) is 24.5. The second-order valence-corrected chi connectivity index (χ2v) is 5.64. The second-order valence-electron chi connectivity index (χ2n) is 5.64. The zero-order valence-electron chi connectivity index (χ0n) is 14.9. The highest BCUT2D eigenvalue weighted by Gasteiger charge is 2.43. The molecule has 10 nitrogen and oxygen atoms in total. The van der Waals surface area contributed by atoms with E-state index < -0.39 is 36.8 Å². The average Bonchev–Trinajstić information content (AvgIpc) is 2.83. The molecule has 0 unspecified atom stereocenters. The molecule has 0 amide bonds. The summed E-state index contributed by atoms with van der Waals surface area (Å²) in [6.45, 7) is 4.57. The topological polar surface area (TPSA) is 148 Å². The van der Waals surface area contributed by atoms with Crippen LogP contribution in [-0.2, 0) is 25.5 Å². The highest BCUT2D eigenvalue weighted by molar-refractivity contribution is 5.77. The standard InChI is InChI=1S/C12H16N2O6.C4H8O2/c1-6(16)4-7-2-3-14(12(19)13-7)11-10(18)9(17)8(5-15)20-11;1-3-6-4(2)5/h2-3,8-11,15,17-18H,4-5H2,1H3;3H2,1-2H3/t8-,9-,10-,11-;/m1./s1. The SMILES string of the molecule is CC(=O)Cc1ccn([C@@H]2O[C@H](CO)[C@@H](O)[C@H]2O)c(=O)n1.CCOC(C)=O. The number of ether oxygens (including phenoxy) is 2. The van der Waals surface area contributed by atoms with Gasteiger partial charge >= 0.3 is 11.7 Å². The lowest BCUT2D eigenvalue weighted by Gasteiger charge is -2.17. The Balaban J connectivity index is 0.000000487. The van der Waals surface area contributed by atoms with Crippen molar-refractivity contribution in [3.8, 4) is 0 Å². The van der Waals surface area contributed by atoms with Gasteiger partial charge in [0.15, 0.2) is 6.23 Å². The van der Waals surface area contributed by atoms with Crippen LogP contribution < -0.4 is 5.69 Å². The average molecular weight is 372 g/mol. The maximum Gasteiger partial charge on any atom is 0.350 e. The van der Waals surface area contributed by atoms with Crippen molar-refractivity contribution in [3.05, 3.63) is 28.4 Å². The van der Waals surface area contributed by atoms with Crippen LogP contribution in [0.5, 0.6) is 0 Å². The molecule has 0 spiro atoms. The minimum atomic E-state index is -1.34. The molecule has 1 saturated heterocycles. The van der Waals surface area contributed by atoms with Crippen LogP contribution in [0.15, 0.2) is 17.1 Å². The monoisotopic (exact) mass is 372 g/mol. The summed E-state index contributed by atoms with van der Waals surface area (Å²) in [4.78, 5) is 36.4. The zero-order valence-corrected chi connectivity index (χ0v) is 14.9. The second kappa shape index (κ2) is 10.1. The fourth-order valence-corrected chi connectivity index (χ4v) is 2.31. The van der Waals surface area contributed by atoms with E-state index in [0.717, 1.165) is 4.57 Å². The van der Waals surface area contributed by atoms with Crippen molar-refractivity contribution < 1.29 is 34.4 Å². The molecule has 0 bridgehead atoms. The number of aliphatic hydroxyl groups excluding tert-OH is 3. The Labute approximate surface area is 150 Å². The van der Waals surface area contributed by atoms with Crippen LogP contribution in [0.1, 0.15) is 32.7 Å². The number of ketones is 1. The number of rotatable bonds is 5. The van der Waals surface area contributed by atoms with E-state index in [9.17, 15) is 24.6 Å². The molecule has 10 heteroatoms. The number of carbonyl (C=O) groups is 2. The van der Waals surface area contributed by atoms with Crippen LogP contribution in [0.25, 0.3) is 0 Å². The van der Waals surface area contributed by atoms with Gasteiger partial charge in [-0.15, -0.1) is 0 Å². The Morgan fingerprint density at radius 1 is 1.31 bits per heavy atom. The van der Waals surface area contributed by atoms with Crippen molar-refractivity contribution in [1.29, 1.82) is 0 Å². The minimum Gasteiger partial charge on any atom is -0.466 e. The van der Waals surface area contributed by atoms with Gasteiger partial charge in [0.1, 0.15) is 24.1 Å². The van der Waals surface area contributed by atoms with Gasteiger partial charge in [-0.2, -0.15) is 4.98 Å². The van der Waals surface area contributed by atoms with Crippen LogP contribution in [0.3, 0.4) is 0 Å². The first-order valence-corrected chi connectivity index (χ1v) is 8.04. The van der Waals surface area contributed by atoms with Gasteiger partial charge in [-0.25, -0.2) is 4.79 Å². The lowest BCUT2D eigenvalue weighted by molar-refractivity contribution is -0.140. The molecule has 0 radical (unpaired) electrons. The number of carbonyl (C=O) groups excluding carboxylic acids is 2. The molecule has 1 aliphatic heterocycles. The van der Waals surface area contributed by atoms with Gasteiger partial charge in [-0.3, -0.25) is 14.2 Å². The van der Waals surface area contributed by atoms with E-state index in [-0.39, 0.29) is 18.2 Å². The fraction of sp³-hybridized carbons (Fsp3) is 0.625. The Kier molecular flexibility index (Phi) is 8.52. The Bertz CT molecular complexity index is 674. The third-order valence-corrected chi connectivity index (χ3v) is 3.46. The molecule has 1 aliphatic rings. The summed E-state index contributed by atoms with van der Waals surface area (Å²) in [7, 11) is 0. The summed E-state index contributed by atoms with van der Waals surface area (Å²) in [5.41, 5.74) is -0.371. The first-order chi connectivity index (χ1) is 12.2. The quantitative estimate of drug-likeness (QED) is 0.528.